The number of carbonyl (C=O) groups is 2. The van der Waals surface area contributed by atoms with E-state index in [2.05, 4.69) is 4.74 Å². The van der Waals surface area contributed by atoms with Gasteiger partial charge in [-0.2, -0.15) is 4.74 Å². The van der Waals surface area contributed by atoms with E-state index in [0.29, 0.717) is 11.1 Å². The Labute approximate surface area is 129 Å². The fourth-order valence-corrected chi connectivity index (χ4v) is 2.56. The predicted molar refractivity (Wildman–Crippen MR) is 81.5 cm³/mol. The summed E-state index contributed by atoms with van der Waals surface area (Å²) in [7, 11) is 2.93. The predicted octanol–water partition coefficient (Wildman–Crippen LogP) is 1.62. The zero-order chi connectivity index (χ0) is 16.7. The number of amides is 1. The molecule has 6 heteroatoms. The van der Waals surface area contributed by atoms with Gasteiger partial charge in [-0.15, -0.1) is 0 Å². The van der Waals surface area contributed by atoms with Gasteiger partial charge in [0, 0.05) is 19.9 Å². The summed E-state index contributed by atoms with van der Waals surface area (Å²) in [5.74, 6) is -0.819. The van der Waals surface area contributed by atoms with E-state index in [-0.39, 0.29) is 17.5 Å². The Morgan fingerprint density at radius 2 is 1.86 bits per heavy atom. The largest absolute Gasteiger partial charge is 0.621 e. The SMILES string of the molecule is COC(=O)c1ccc(C2=[N+]([O-])C(C)(C(C)C)N(C)C2=O)cc1. The van der Waals surface area contributed by atoms with Crippen molar-refractivity contribution in [2.24, 2.45) is 5.92 Å². The van der Waals surface area contributed by atoms with E-state index >= 15 is 0 Å². The summed E-state index contributed by atoms with van der Waals surface area (Å²) in [6.07, 6.45) is 0. The van der Waals surface area contributed by atoms with Gasteiger partial charge in [-0.3, -0.25) is 9.69 Å². The number of esters is 1. The van der Waals surface area contributed by atoms with Crippen molar-refractivity contribution in [2.45, 2.75) is 26.4 Å². The highest BCUT2D eigenvalue weighted by atomic mass is 16.5. The number of hydrogen-bond donors (Lipinski definition) is 0. The Morgan fingerprint density at radius 1 is 1.32 bits per heavy atom. The van der Waals surface area contributed by atoms with Crippen molar-refractivity contribution in [1.82, 2.24) is 4.90 Å². The van der Waals surface area contributed by atoms with Gasteiger partial charge in [-0.1, -0.05) is 13.8 Å². The summed E-state index contributed by atoms with van der Waals surface area (Å²) in [5, 5.41) is 12.7. The van der Waals surface area contributed by atoms with Crippen LogP contribution in [0.3, 0.4) is 0 Å². The van der Waals surface area contributed by atoms with Crippen LogP contribution in [0.5, 0.6) is 0 Å². The van der Waals surface area contributed by atoms with Crippen LogP contribution in [-0.4, -0.2) is 47.0 Å². The lowest BCUT2D eigenvalue weighted by Crippen LogP contribution is -2.51. The van der Waals surface area contributed by atoms with Crippen LogP contribution < -0.4 is 0 Å². The Hall–Kier alpha value is -2.37. The van der Waals surface area contributed by atoms with Crippen molar-refractivity contribution in [3.05, 3.63) is 40.6 Å². The molecule has 118 valence electrons. The lowest BCUT2D eigenvalue weighted by Gasteiger charge is -2.32. The van der Waals surface area contributed by atoms with Crippen LogP contribution >= 0.6 is 0 Å². The van der Waals surface area contributed by atoms with Crippen molar-refractivity contribution in [1.29, 1.82) is 0 Å². The molecule has 0 radical (unpaired) electrons. The molecule has 1 aliphatic rings. The third-order valence-electron chi connectivity index (χ3n) is 4.47. The van der Waals surface area contributed by atoms with Crippen LogP contribution in [0.1, 0.15) is 36.7 Å². The maximum absolute atomic E-state index is 12.7. The molecule has 1 amide bonds. The molecule has 0 aliphatic carbocycles. The second-order valence-corrected chi connectivity index (χ2v) is 5.82. The maximum Gasteiger partial charge on any atom is 0.337 e. The van der Waals surface area contributed by atoms with Crippen LogP contribution in [0.4, 0.5) is 0 Å². The summed E-state index contributed by atoms with van der Waals surface area (Å²) in [5.41, 5.74) is 0.0293. The Morgan fingerprint density at radius 3 is 2.27 bits per heavy atom. The first kappa shape index (κ1) is 16.0. The molecular weight excluding hydrogens is 284 g/mol. The molecule has 0 N–H and O–H groups in total. The van der Waals surface area contributed by atoms with E-state index in [4.69, 9.17) is 0 Å². The number of nitrogens with zero attached hydrogens (tertiary/aromatic N) is 2. The minimum Gasteiger partial charge on any atom is -0.621 e. The molecule has 2 rings (SSSR count). The first-order chi connectivity index (χ1) is 10.2. The fraction of sp³-hybridized carbons (Fsp3) is 0.438. The molecule has 0 aromatic heterocycles. The van der Waals surface area contributed by atoms with Crippen LogP contribution in [0.15, 0.2) is 24.3 Å². The molecule has 1 aliphatic heterocycles. The Balaban J connectivity index is 2.49. The lowest BCUT2D eigenvalue weighted by atomic mass is 9.98. The van der Waals surface area contributed by atoms with Crippen molar-refractivity contribution in [2.75, 3.05) is 14.2 Å². The molecule has 1 aromatic carbocycles. The van der Waals surface area contributed by atoms with Crippen LogP contribution in [-0.2, 0) is 9.53 Å². The molecule has 22 heavy (non-hydrogen) atoms. The summed E-state index contributed by atoms with van der Waals surface area (Å²) < 4.78 is 5.40. The van der Waals surface area contributed by atoms with Crippen molar-refractivity contribution < 1.29 is 19.1 Å². The molecular formula is C16H20N2O4. The highest BCUT2D eigenvalue weighted by molar-refractivity contribution is 6.44. The topological polar surface area (TPSA) is 72.7 Å². The lowest BCUT2D eigenvalue weighted by molar-refractivity contribution is -0.570. The molecule has 0 saturated heterocycles. The number of likely N-dealkylation sites (N-methyl/N-ethyl adjacent to an activating group) is 1. The molecule has 1 aromatic rings. The van der Waals surface area contributed by atoms with Gasteiger partial charge in [-0.05, 0) is 24.3 Å². The fourth-order valence-electron chi connectivity index (χ4n) is 2.56. The van der Waals surface area contributed by atoms with Crippen LogP contribution in [0.2, 0.25) is 0 Å². The van der Waals surface area contributed by atoms with Gasteiger partial charge in [0.1, 0.15) is 0 Å². The molecule has 0 fully saturated rings. The highest BCUT2D eigenvalue weighted by Gasteiger charge is 2.54. The van der Waals surface area contributed by atoms with Crippen molar-refractivity contribution in [3.63, 3.8) is 0 Å². The summed E-state index contributed by atoms with van der Waals surface area (Å²) in [4.78, 5) is 25.4. The molecule has 1 unspecified atom stereocenters. The number of rotatable bonds is 3. The first-order valence-electron chi connectivity index (χ1n) is 7.06. The number of benzene rings is 1. The molecule has 0 spiro atoms. The van der Waals surface area contributed by atoms with E-state index in [9.17, 15) is 14.8 Å². The van der Waals surface area contributed by atoms with Gasteiger partial charge >= 0.3 is 11.9 Å². The van der Waals surface area contributed by atoms with Crippen molar-refractivity contribution >= 4 is 17.6 Å². The second-order valence-electron chi connectivity index (χ2n) is 5.82. The van der Waals surface area contributed by atoms with Gasteiger partial charge in [-0.25, -0.2) is 4.79 Å². The first-order valence-corrected chi connectivity index (χ1v) is 7.06. The van der Waals surface area contributed by atoms with Gasteiger partial charge in [0.25, 0.3) is 11.4 Å². The zero-order valence-corrected chi connectivity index (χ0v) is 13.4. The van der Waals surface area contributed by atoms with E-state index in [1.54, 1.807) is 38.2 Å². The number of methoxy groups -OCH3 is 1. The average molecular weight is 304 g/mol. The number of ether oxygens (including phenoxy) is 1. The normalized spacial score (nSPS) is 21.7. The zero-order valence-electron chi connectivity index (χ0n) is 13.4. The number of hydrogen-bond acceptors (Lipinski definition) is 4. The highest BCUT2D eigenvalue weighted by Crippen LogP contribution is 2.31. The number of carbonyl (C=O) groups excluding carboxylic acids is 2. The average Bonchev–Trinajstić information content (AvgIpc) is 2.69. The Kier molecular flexibility index (Phi) is 3.96. The van der Waals surface area contributed by atoms with E-state index in [1.807, 2.05) is 13.8 Å². The number of hydroxylamine groups is 1. The molecule has 1 heterocycles. The third-order valence-corrected chi connectivity index (χ3v) is 4.47. The van der Waals surface area contributed by atoms with E-state index < -0.39 is 11.6 Å². The summed E-state index contributed by atoms with van der Waals surface area (Å²) >= 11 is 0. The van der Waals surface area contributed by atoms with E-state index in [0.717, 1.165) is 4.74 Å². The molecule has 1 atom stereocenters. The maximum atomic E-state index is 12.7. The van der Waals surface area contributed by atoms with Gasteiger partial charge in [0.15, 0.2) is 0 Å². The van der Waals surface area contributed by atoms with Gasteiger partial charge in [0.05, 0.1) is 18.2 Å². The van der Waals surface area contributed by atoms with Crippen LogP contribution in [0.25, 0.3) is 0 Å². The molecule has 0 bridgehead atoms. The monoisotopic (exact) mass is 304 g/mol. The quantitative estimate of drug-likeness (QED) is 0.483. The molecule has 6 nitrogen and oxygen atoms in total. The van der Waals surface area contributed by atoms with E-state index in [1.165, 1.54) is 12.0 Å². The smallest absolute Gasteiger partial charge is 0.337 e. The second kappa shape index (κ2) is 5.44. The summed E-state index contributed by atoms with van der Waals surface area (Å²) in [6, 6.07) is 6.26. The minimum atomic E-state index is -0.923. The molecule has 0 saturated carbocycles. The Bertz CT molecular complexity index is 649. The minimum absolute atomic E-state index is 0.0363. The van der Waals surface area contributed by atoms with Crippen LogP contribution in [0, 0.1) is 11.1 Å². The van der Waals surface area contributed by atoms with Gasteiger partial charge in [0.2, 0.25) is 0 Å². The third kappa shape index (κ3) is 2.15. The van der Waals surface area contributed by atoms with Gasteiger partial charge < -0.3 is 9.94 Å². The standard InChI is InChI=1S/C16H20N2O4/c1-10(2)16(3)17(4)14(19)13(18(16)21)11-6-8-12(9-7-11)15(20)22-5/h6-10H,1-5H3. The summed E-state index contributed by atoms with van der Waals surface area (Å²) in [6.45, 7) is 5.55. The van der Waals surface area contributed by atoms with Crippen molar-refractivity contribution in [3.8, 4) is 0 Å².